The molecule has 0 saturated heterocycles. The second kappa shape index (κ2) is 9.62. The van der Waals surface area contributed by atoms with Crippen LogP contribution in [0.3, 0.4) is 0 Å². The largest absolute Gasteiger partial charge is 0.444 e. The molecule has 0 atom stereocenters. The average molecular weight is 498 g/mol. The second-order valence-electron chi connectivity index (χ2n) is 6.59. The molecule has 2 aromatic carbocycles. The van der Waals surface area contributed by atoms with E-state index in [1.54, 1.807) is 0 Å². The quantitative estimate of drug-likeness (QED) is 0.366. The minimum absolute atomic E-state index is 0.0796. The molecule has 0 fully saturated rings. The molecule has 14 heteroatoms. The number of ether oxygens (including phenoxy) is 1. The van der Waals surface area contributed by atoms with Gasteiger partial charge in [-0.25, -0.2) is 17.7 Å². The lowest BCUT2D eigenvalue weighted by Crippen LogP contribution is -2.41. The summed E-state index contributed by atoms with van der Waals surface area (Å²) in [6.45, 7) is -1.25. The summed E-state index contributed by atoms with van der Waals surface area (Å²) in [7, 11) is -4.90. The molecular formula is C20H17F3N4O6S. The molecule has 0 bridgehead atoms. The molecule has 3 aromatic rings. The number of amides is 1. The van der Waals surface area contributed by atoms with Gasteiger partial charge in [0.2, 0.25) is 5.89 Å². The SMILES string of the molecule is NCC(=O)Oc1ccc(N(C(=O)CN)S(=O)(=O)c2cccc(C(F)(F)F)c2)c(-c2ncco2)c1. The van der Waals surface area contributed by atoms with Crippen LogP contribution in [0.15, 0.2) is 64.2 Å². The average Bonchev–Trinajstić information content (AvgIpc) is 3.34. The van der Waals surface area contributed by atoms with E-state index >= 15 is 0 Å². The van der Waals surface area contributed by atoms with Gasteiger partial charge in [-0.2, -0.15) is 13.2 Å². The van der Waals surface area contributed by atoms with Crippen LogP contribution in [0.5, 0.6) is 5.75 Å². The topological polar surface area (TPSA) is 159 Å². The number of anilines is 1. The van der Waals surface area contributed by atoms with Crippen LogP contribution >= 0.6 is 0 Å². The Balaban J connectivity index is 2.22. The summed E-state index contributed by atoms with van der Waals surface area (Å²) >= 11 is 0. The number of hydrogen-bond donors (Lipinski definition) is 2. The van der Waals surface area contributed by atoms with Gasteiger partial charge in [0.15, 0.2) is 0 Å². The van der Waals surface area contributed by atoms with Crippen LogP contribution in [0.25, 0.3) is 11.5 Å². The summed E-state index contributed by atoms with van der Waals surface area (Å²) in [5, 5.41) is 0. The third kappa shape index (κ3) is 5.08. The van der Waals surface area contributed by atoms with E-state index in [4.69, 9.17) is 20.6 Å². The first-order chi connectivity index (χ1) is 16.0. The lowest BCUT2D eigenvalue weighted by Gasteiger charge is -2.24. The van der Waals surface area contributed by atoms with Crippen molar-refractivity contribution < 1.29 is 40.3 Å². The van der Waals surface area contributed by atoms with Gasteiger partial charge in [-0.1, -0.05) is 6.07 Å². The van der Waals surface area contributed by atoms with Gasteiger partial charge in [-0.05, 0) is 36.4 Å². The van der Waals surface area contributed by atoms with Crippen LogP contribution in [0.4, 0.5) is 18.9 Å². The van der Waals surface area contributed by atoms with Crippen molar-refractivity contribution in [3.63, 3.8) is 0 Å². The van der Waals surface area contributed by atoms with E-state index in [0.29, 0.717) is 12.1 Å². The molecule has 0 aliphatic carbocycles. The summed E-state index contributed by atoms with van der Waals surface area (Å²) in [5.41, 5.74) is 8.93. The lowest BCUT2D eigenvalue weighted by molar-refractivity contribution is -0.137. The van der Waals surface area contributed by atoms with Crippen LogP contribution in [0.1, 0.15) is 5.56 Å². The van der Waals surface area contributed by atoms with Crippen LogP contribution in [0, 0.1) is 0 Å². The molecule has 3 rings (SSSR count). The van der Waals surface area contributed by atoms with Crippen molar-refractivity contribution in [2.45, 2.75) is 11.1 Å². The summed E-state index contributed by atoms with van der Waals surface area (Å²) in [6.07, 6.45) is -2.44. The molecule has 0 radical (unpaired) electrons. The van der Waals surface area contributed by atoms with Crippen molar-refractivity contribution in [1.29, 1.82) is 0 Å². The molecule has 4 N–H and O–H groups in total. The zero-order chi connectivity index (χ0) is 25.1. The molecule has 1 amide bonds. The Morgan fingerprint density at radius 2 is 1.82 bits per heavy atom. The Labute approximate surface area is 191 Å². The van der Waals surface area contributed by atoms with E-state index in [1.807, 2.05) is 0 Å². The second-order valence-corrected chi connectivity index (χ2v) is 8.37. The Bertz CT molecular complexity index is 1310. The number of oxazole rings is 1. The van der Waals surface area contributed by atoms with Gasteiger partial charge in [0.05, 0.1) is 41.0 Å². The minimum atomic E-state index is -4.90. The highest BCUT2D eigenvalue weighted by atomic mass is 32.2. The number of carbonyl (C=O) groups excluding carboxylic acids is 2. The number of nitrogens with zero attached hydrogens (tertiary/aromatic N) is 2. The molecule has 0 saturated carbocycles. The number of benzene rings is 2. The molecule has 1 heterocycles. The normalized spacial score (nSPS) is 11.8. The first kappa shape index (κ1) is 24.9. The van der Waals surface area contributed by atoms with Crippen molar-refractivity contribution in [3.05, 3.63) is 60.5 Å². The fraction of sp³-hybridized carbons (Fsp3) is 0.150. The van der Waals surface area contributed by atoms with Crippen LogP contribution in [-0.2, 0) is 25.8 Å². The van der Waals surface area contributed by atoms with E-state index in [1.165, 1.54) is 6.20 Å². The van der Waals surface area contributed by atoms with E-state index in [-0.39, 0.29) is 27.2 Å². The predicted octanol–water partition coefficient (Wildman–Crippen LogP) is 1.91. The van der Waals surface area contributed by atoms with Gasteiger partial charge < -0.3 is 20.6 Å². The molecule has 0 spiro atoms. The van der Waals surface area contributed by atoms with Gasteiger partial charge in [-0.3, -0.25) is 9.59 Å². The summed E-state index contributed by atoms with van der Waals surface area (Å²) < 4.78 is 76.7. The first-order valence-electron chi connectivity index (χ1n) is 9.39. The Hall–Kier alpha value is -3.75. The molecule has 0 unspecified atom stereocenters. The number of carbonyl (C=O) groups is 2. The van der Waals surface area contributed by atoms with E-state index in [0.717, 1.165) is 36.6 Å². The Morgan fingerprint density at radius 1 is 1.09 bits per heavy atom. The van der Waals surface area contributed by atoms with Gasteiger partial charge >= 0.3 is 12.1 Å². The third-order valence-electron chi connectivity index (χ3n) is 4.35. The molecule has 34 heavy (non-hydrogen) atoms. The zero-order valence-electron chi connectivity index (χ0n) is 17.2. The number of nitrogens with two attached hydrogens (primary N) is 2. The smallest absolute Gasteiger partial charge is 0.416 e. The number of esters is 1. The van der Waals surface area contributed by atoms with Crippen molar-refractivity contribution in [1.82, 2.24) is 4.98 Å². The maximum atomic E-state index is 13.4. The molecule has 10 nitrogen and oxygen atoms in total. The van der Waals surface area contributed by atoms with Gasteiger partial charge in [0, 0.05) is 0 Å². The van der Waals surface area contributed by atoms with Crippen LogP contribution in [0.2, 0.25) is 0 Å². The monoisotopic (exact) mass is 498 g/mol. The van der Waals surface area contributed by atoms with Gasteiger partial charge in [0.25, 0.3) is 15.9 Å². The van der Waals surface area contributed by atoms with Gasteiger partial charge in [0.1, 0.15) is 12.0 Å². The number of rotatable bonds is 7. The van der Waals surface area contributed by atoms with Crippen molar-refractivity contribution in [2.24, 2.45) is 11.5 Å². The number of aromatic nitrogens is 1. The maximum absolute atomic E-state index is 13.4. The number of halogens is 3. The molecule has 180 valence electrons. The number of sulfonamides is 1. The summed E-state index contributed by atoms with van der Waals surface area (Å²) in [6, 6.07) is 6.30. The lowest BCUT2D eigenvalue weighted by atomic mass is 10.1. The number of hydrogen-bond acceptors (Lipinski definition) is 9. The fourth-order valence-corrected chi connectivity index (χ4v) is 4.37. The molecule has 1 aromatic heterocycles. The summed E-state index contributed by atoms with van der Waals surface area (Å²) in [5.74, 6) is -2.21. The minimum Gasteiger partial charge on any atom is -0.444 e. The van der Waals surface area contributed by atoms with Crippen LogP contribution < -0.4 is 20.5 Å². The summed E-state index contributed by atoms with van der Waals surface area (Å²) in [4.78, 5) is 27.4. The van der Waals surface area contributed by atoms with E-state index in [9.17, 15) is 31.2 Å². The highest BCUT2D eigenvalue weighted by Crippen LogP contribution is 2.37. The molecular weight excluding hydrogens is 481 g/mol. The van der Waals surface area contributed by atoms with Gasteiger partial charge in [-0.15, -0.1) is 0 Å². The highest BCUT2D eigenvalue weighted by Gasteiger charge is 2.36. The van der Waals surface area contributed by atoms with Crippen molar-refractivity contribution in [3.8, 4) is 17.2 Å². The Morgan fingerprint density at radius 3 is 2.41 bits per heavy atom. The first-order valence-corrected chi connectivity index (χ1v) is 10.8. The highest BCUT2D eigenvalue weighted by molar-refractivity contribution is 7.93. The predicted molar refractivity (Wildman–Crippen MR) is 112 cm³/mol. The molecule has 0 aliphatic rings. The maximum Gasteiger partial charge on any atom is 0.416 e. The fourth-order valence-electron chi connectivity index (χ4n) is 2.88. The Kier molecular flexibility index (Phi) is 7.04. The van der Waals surface area contributed by atoms with Crippen molar-refractivity contribution in [2.75, 3.05) is 17.4 Å². The van der Waals surface area contributed by atoms with E-state index in [2.05, 4.69) is 4.98 Å². The third-order valence-corrected chi connectivity index (χ3v) is 6.08. The molecule has 0 aliphatic heterocycles. The standard InChI is InChI=1S/C20H17F3N4O6S/c21-20(22,23)12-2-1-3-14(8-12)34(30,31)27(17(28)10-24)16-5-4-13(33-18(29)11-25)9-15(16)19-26-6-7-32-19/h1-9H,10-11,24-25H2. The van der Waals surface area contributed by atoms with Crippen molar-refractivity contribution >= 4 is 27.6 Å². The van der Waals surface area contributed by atoms with Crippen LogP contribution in [-0.4, -0.2) is 38.4 Å². The zero-order valence-corrected chi connectivity index (χ0v) is 18.0. The van der Waals surface area contributed by atoms with E-state index < -0.39 is 51.6 Å². The number of alkyl halides is 3.